The Bertz CT molecular complexity index is 2130. The van der Waals surface area contributed by atoms with Gasteiger partial charge in [0, 0.05) is 77.0 Å². The molecule has 0 atom stereocenters. The van der Waals surface area contributed by atoms with Crippen LogP contribution in [-0.2, 0) is 24.2 Å². The number of aromatic nitrogens is 5. The van der Waals surface area contributed by atoms with E-state index in [2.05, 4.69) is 20.6 Å². The van der Waals surface area contributed by atoms with Gasteiger partial charge >= 0.3 is 6.09 Å². The molecule has 6 aromatic rings. The average Bonchev–Trinajstić information content (AvgIpc) is 3.53. The highest BCUT2D eigenvalue weighted by molar-refractivity contribution is 6.33. The summed E-state index contributed by atoms with van der Waals surface area (Å²) in [6, 6.07) is 22.9. The number of amides is 2. The Morgan fingerprint density at radius 1 is 1.00 bits per heavy atom. The Balaban J connectivity index is 1.12. The molecule has 0 saturated heterocycles. The lowest BCUT2D eigenvalue weighted by atomic mass is 10.0. The molecule has 6 rings (SSSR count). The maximum absolute atomic E-state index is 13.3. The van der Waals surface area contributed by atoms with E-state index in [1.54, 1.807) is 34.1 Å². The summed E-state index contributed by atoms with van der Waals surface area (Å²) in [5.41, 5.74) is 9.48. The number of anilines is 1. The van der Waals surface area contributed by atoms with Gasteiger partial charge in [0.25, 0.3) is 0 Å². The molecule has 11 nitrogen and oxygen atoms in total. The SMILES string of the molecule is CC(C)(C)OC(=O)N(CCc1cn(CCNc2nc3cc(C(N)=O)ccc3c3cnccc23)nn1)Cc1ccc(-c2ccccc2)c(Cl)c1. The molecule has 2 amide bonds. The second-order valence-corrected chi connectivity index (χ2v) is 13.1. The third-order valence-corrected chi connectivity index (χ3v) is 8.19. The first kappa shape index (κ1) is 33.4. The first-order valence-electron chi connectivity index (χ1n) is 16.0. The van der Waals surface area contributed by atoms with Gasteiger partial charge in [0.2, 0.25) is 5.91 Å². The van der Waals surface area contributed by atoms with Gasteiger partial charge in [0.15, 0.2) is 0 Å². The number of pyridine rings is 2. The van der Waals surface area contributed by atoms with Crippen LogP contribution in [0.25, 0.3) is 32.8 Å². The van der Waals surface area contributed by atoms with Crippen LogP contribution in [0.4, 0.5) is 10.6 Å². The van der Waals surface area contributed by atoms with Crippen LogP contribution in [-0.4, -0.2) is 60.6 Å². The van der Waals surface area contributed by atoms with Crippen molar-refractivity contribution in [2.75, 3.05) is 18.4 Å². The van der Waals surface area contributed by atoms with Crippen molar-refractivity contribution in [3.05, 3.63) is 113 Å². The normalized spacial score (nSPS) is 11.5. The van der Waals surface area contributed by atoms with Crippen LogP contribution in [0.15, 0.2) is 91.4 Å². The minimum absolute atomic E-state index is 0.324. The Hall–Kier alpha value is -5.55. The quantitative estimate of drug-likeness (QED) is 0.141. The second kappa shape index (κ2) is 14.3. The summed E-state index contributed by atoms with van der Waals surface area (Å²) >= 11 is 6.68. The van der Waals surface area contributed by atoms with Gasteiger partial charge in [-0.3, -0.25) is 14.5 Å². The summed E-state index contributed by atoms with van der Waals surface area (Å²) in [6.45, 7) is 7.27. The highest BCUT2D eigenvalue weighted by Gasteiger charge is 2.23. The number of nitrogens with zero attached hydrogens (tertiary/aromatic N) is 6. The Labute approximate surface area is 289 Å². The van der Waals surface area contributed by atoms with Crippen molar-refractivity contribution in [3.8, 4) is 11.1 Å². The standard InChI is InChI=1S/C37H37ClN8O3/c1-37(2,3)49-36(48)45(22-24-9-11-28(32(38)19-24)25-7-5-4-6-8-25)17-14-27-23-46(44-43-27)18-16-41-35-30-13-15-40-21-31(30)29-12-10-26(34(39)47)20-33(29)42-35/h4-13,15,19-21,23H,14,16-18,22H2,1-3H3,(H2,39,47)(H,41,42). The van der Waals surface area contributed by atoms with E-state index < -0.39 is 17.6 Å². The van der Waals surface area contributed by atoms with Gasteiger partial charge in [-0.1, -0.05) is 65.3 Å². The molecule has 0 aliphatic heterocycles. The van der Waals surface area contributed by atoms with Crippen LogP contribution in [0, 0.1) is 0 Å². The molecule has 0 bridgehead atoms. The molecule has 0 aliphatic carbocycles. The van der Waals surface area contributed by atoms with Crippen LogP contribution in [0.5, 0.6) is 0 Å². The molecule has 0 radical (unpaired) electrons. The number of benzene rings is 3. The number of carbonyl (C=O) groups is 2. The molecule has 0 spiro atoms. The minimum Gasteiger partial charge on any atom is -0.444 e. The van der Waals surface area contributed by atoms with Crippen molar-refractivity contribution >= 4 is 51.1 Å². The first-order valence-corrected chi connectivity index (χ1v) is 16.3. The third-order valence-electron chi connectivity index (χ3n) is 7.88. The molecular weight excluding hydrogens is 640 g/mol. The first-order chi connectivity index (χ1) is 23.5. The lowest BCUT2D eigenvalue weighted by molar-refractivity contribution is 0.0235. The number of nitrogens with two attached hydrogens (primary N) is 1. The summed E-state index contributed by atoms with van der Waals surface area (Å²) in [4.78, 5) is 35.8. The predicted molar refractivity (Wildman–Crippen MR) is 191 cm³/mol. The van der Waals surface area contributed by atoms with Crippen molar-refractivity contribution in [1.82, 2.24) is 29.9 Å². The topological polar surface area (TPSA) is 141 Å². The highest BCUT2D eigenvalue weighted by Crippen LogP contribution is 2.30. The van der Waals surface area contributed by atoms with Crippen molar-refractivity contribution < 1.29 is 14.3 Å². The van der Waals surface area contributed by atoms with E-state index in [0.29, 0.717) is 54.5 Å². The smallest absolute Gasteiger partial charge is 0.410 e. The molecule has 0 fully saturated rings. The highest BCUT2D eigenvalue weighted by atomic mass is 35.5. The predicted octanol–water partition coefficient (Wildman–Crippen LogP) is 6.89. The summed E-state index contributed by atoms with van der Waals surface area (Å²) < 4.78 is 7.48. The fraction of sp³-hybridized carbons (Fsp3) is 0.243. The summed E-state index contributed by atoms with van der Waals surface area (Å²) in [5, 5.41) is 15.4. The average molecular weight is 677 g/mol. The van der Waals surface area contributed by atoms with Gasteiger partial charge in [-0.25, -0.2) is 9.78 Å². The number of halogens is 1. The molecule has 3 aromatic carbocycles. The molecule has 0 aliphatic rings. The molecular formula is C37H37ClN8O3. The van der Waals surface area contributed by atoms with Crippen molar-refractivity contribution in [2.45, 2.75) is 45.9 Å². The van der Waals surface area contributed by atoms with Gasteiger partial charge in [0.1, 0.15) is 11.4 Å². The second-order valence-electron chi connectivity index (χ2n) is 12.7. The summed E-state index contributed by atoms with van der Waals surface area (Å²) in [5.74, 6) is 0.152. The van der Waals surface area contributed by atoms with E-state index in [1.165, 1.54) is 0 Å². The number of nitrogens with one attached hydrogen (secondary N) is 1. The molecule has 12 heteroatoms. The number of primary amides is 1. The van der Waals surface area contributed by atoms with Crippen molar-refractivity contribution in [2.24, 2.45) is 5.73 Å². The molecule has 0 unspecified atom stereocenters. The van der Waals surface area contributed by atoms with Crippen LogP contribution >= 0.6 is 11.6 Å². The monoisotopic (exact) mass is 676 g/mol. The lowest BCUT2D eigenvalue weighted by Gasteiger charge is -2.27. The number of hydrogen-bond acceptors (Lipinski definition) is 8. The number of hydrogen-bond donors (Lipinski definition) is 2. The molecule has 3 N–H and O–H groups in total. The molecule has 3 heterocycles. The zero-order valence-corrected chi connectivity index (χ0v) is 28.3. The Morgan fingerprint density at radius 3 is 2.57 bits per heavy atom. The fourth-order valence-electron chi connectivity index (χ4n) is 5.53. The van der Waals surface area contributed by atoms with E-state index in [4.69, 9.17) is 27.1 Å². The van der Waals surface area contributed by atoms with Crippen LogP contribution in [0.2, 0.25) is 5.02 Å². The number of carbonyl (C=O) groups excluding carboxylic acids is 2. The molecule has 3 aromatic heterocycles. The van der Waals surface area contributed by atoms with E-state index in [-0.39, 0.29) is 0 Å². The van der Waals surface area contributed by atoms with Crippen molar-refractivity contribution in [3.63, 3.8) is 0 Å². The lowest BCUT2D eigenvalue weighted by Crippen LogP contribution is -2.37. The van der Waals surface area contributed by atoms with E-state index in [1.807, 2.05) is 87.6 Å². The zero-order valence-electron chi connectivity index (χ0n) is 27.6. The molecule has 0 saturated carbocycles. The van der Waals surface area contributed by atoms with Gasteiger partial charge in [-0.15, -0.1) is 5.10 Å². The zero-order chi connectivity index (χ0) is 34.5. The Kier molecular flexibility index (Phi) is 9.72. The van der Waals surface area contributed by atoms with E-state index >= 15 is 0 Å². The van der Waals surface area contributed by atoms with Gasteiger partial charge < -0.3 is 20.7 Å². The summed E-state index contributed by atoms with van der Waals surface area (Å²) in [7, 11) is 0. The molecule has 250 valence electrons. The number of fused-ring (bicyclic) bond motifs is 3. The number of ether oxygens (including phenoxy) is 1. The van der Waals surface area contributed by atoms with Gasteiger partial charge in [-0.2, -0.15) is 0 Å². The fourth-order valence-corrected chi connectivity index (χ4v) is 5.84. The third kappa shape index (κ3) is 8.13. The van der Waals surface area contributed by atoms with Gasteiger partial charge in [0.05, 0.1) is 17.8 Å². The van der Waals surface area contributed by atoms with E-state index in [0.717, 1.165) is 38.5 Å². The van der Waals surface area contributed by atoms with Crippen molar-refractivity contribution in [1.29, 1.82) is 0 Å². The van der Waals surface area contributed by atoms with E-state index in [9.17, 15) is 9.59 Å². The van der Waals surface area contributed by atoms with Crippen LogP contribution in [0.3, 0.4) is 0 Å². The Morgan fingerprint density at radius 2 is 1.82 bits per heavy atom. The molecule has 49 heavy (non-hydrogen) atoms. The van der Waals surface area contributed by atoms with Crippen LogP contribution < -0.4 is 11.1 Å². The van der Waals surface area contributed by atoms with Crippen LogP contribution in [0.1, 0.15) is 42.4 Å². The maximum Gasteiger partial charge on any atom is 0.410 e. The minimum atomic E-state index is -0.647. The van der Waals surface area contributed by atoms with Gasteiger partial charge in [-0.05, 0) is 56.2 Å². The summed E-state index contributed by atoms with van der Waals surface area (Å²) in [6.07, 6.45) is 5.44. The number of rotatable bonds is 11. The largest absolute Gasteiger partial charge is 0.444 e. The maximum atomic E-state index is 13.3.